The highest BCUT2D eigenvalue weighted by molar-refractivity contribution is 6.36. The molecule has 0 spiro atoms. The van der Waals surface area contributed by atoms with E-state index in [4.69, 9.17) is 23.2 Å². The maximum atomic E-state index is 11.6. The van der Waals surface area contributed by atoms with E-state index < -0.39 is 10.9 Å². The molecule has 23 heavy (non-hydrogen) atoms. The van der Waals surface area contributed by atoms with Crippen molar-refractivity contribution in [1.29, 1.82) is 0 Å². The average molecular weight is 355 g/mol. The Morgan fingerprint density at radius 3 is 2.52 bits per heavy atom. The normalized spacial score (nSPS) is 10.3. The van der Waals surface area contributed by atoms with Crippen molar-refractivity contribution in [2.45, 2.75) is 6.92 Å². The van der Waals surface area contributed by atoms with E-state index >= 15 is 0 Å². The molecule has 0 radical (unpaired) electrons. The SMILES string of the molecule is COC(=O)c1cc(C)c(Nc2ccc(Cl)cc2Cl)c([N+](=O)[O-])c1. The number of ether oxygens (including phenoxy) is 1. The minimum absolute atomic E-state index is 0.101. The number of benzene rings is 2. The number of carbonyl (C=O) groups is 1. The molecule has 0 fully saturated rings. The van der Waals surface area contributed by atoms with Gasteiger partial charge in [0.15, 0.2) is 0 Å². The number of esters is 1. The summed E-state index contributed by atoms with van der Waals surface area (Å²) in [5, 5.41) is 15.0. The van der Waals surface area contributed by atoms with Crippen molar-refractivity contribution < 1.29 is 14.5 Å². The Hall–Kier alpha value is -2.31. The van der Waals surface area contributed by atoms with Gasteiger partial charge in [0.2, 0.25) is 0 Å². The molecule has 2 rings (SSSR count). The van der Waals surface area contributed by atoms with Gasteiger partial charge in [0, 0.05) is 11.1 Å². The Morgan fingerprint density at radius 2 is 1.96 bits per heavy atom. The van der Waals surface area contributed by atoms with E-state index in [1.807, 2.05) is 0 Å². The summed E-state index contributed by atoms with van der Waals surface area (Å²) in [6.45, 7) is 1.64. The van der Waals surface area contributed by atoms with E-state index in [2.05, 4.69) is 10.1 Å². The molecule has 0 heterocycles. The van der Waals surface area contributed by atoms with Crippen LogP contribution in [0.3, 0.4) is 0 Å². The Kier molecular flexibility index (Phi) is 5.08. The summed E-state index contributed by atoms with van der Waals surface area (Å²) >= 11 is 11.9. The van der Waals surface area contributed by atoms with Crippen LogP contribution in [0.4, 0.5) is 17.1 Å². The van der Waals surface area contributed by atoms with E-state index in [9.17, 15) is 14.9 Å². The van der Waals surface area contributed by atoms with Crippen LogP contribution >= 0.6 is 23.2 Å². The van der Waals surface area contributed by atoms with Crippen LogP contribution in [0.15, 0.2) is 30.3 Å². The molecule has 1 N–H and O–H groups in total. The Balaban J connectivity index is 2.53. The van der Waals surface area contributed by atoms with Gasteiger partial charge in [0.05, 0.1) is 28.3 Å². The van der Waals surface area contributed by atoms with Crippen molar-refractivity contribution >= 4 is 46.2 Å². The molecule has 2 aromatic rings. The smallest absolute Gasteiger partial charge is 0.338 e. The molecule has 2 aromatic carbocycles. The maximum absolute atomic E-state index is 11.6. The third-order valence-electron chi connectivity index (χ3n) is 3.12. The number of aryl methyl sites for hydroxylation is 1. The standard InChI is InChI=1S/C15H12Cl2N2O4/c1-8-5-9(15(20)23-2)6-13(19(21)22)14(8)18-12-4-3-10(16)7-11(12)17/h3-7,18H,1-2H3. The fraction of sp³-hybridized carbons (Fsp3) is 0.133. The monoisotopic (exact) mass is 354 g/mol. The highest BCUT2D eigenvalue weighted by atomic mass is 35.5. The van der Waals surface area contributed by atoms with E-state index in [1.54, 1.807) is 19.1 Å². The minimum Gasteiger partial charge on any atom is -0.465 e. The van der Waals surface area contributed by atoms with Crippen molar-refractivity contribution in [3.63, 3.8) is 0 Å². The summed E-state index contributed by atoms with van der Waals surface area (Å²) in [6.07, 6.45) is 0. The number of nitro groups is 1. The quantitative estimate of drug-likeness (QED) is 0.487. The van der Waals surface area contributed by atoms with Crippen molar-refractivity contribution in [2.75, 3.05) is 12.4 Å². The lowest BCUT2D eigenvalue weighted by Crippen LogP contribution is -2.06. The zero-order valence-electron chi connectivity index (χ0n) is 12.2. The fourth-order valence-electron chi connectivity index (χ4n) is 2.04. The fourth-order valence-corrected chi connectivity index (χ4v) is 2.49. The topological polar surface area (TPSA) is 81.5 Å². The molecule has 0 unspecified atom stereocenters. The van der Waals surface area contributed by atoms with Crippen molar-refractivity contribution in [1.82, 2.24) is 0 Å². The average Bonchev–Trinajstić information content (AvgIpc) is 2.50. The number of nitrogens with zero attached hydrogens (tertiary/aromatic N) is 1. The second-order valence-corrected chi connectivity index (χ2v) is 5.53. The van der Waals surface area contributed by atoms with E-state index in [-0.39, 0.29) is 16.9 Å². The van der Waals surface area contributed by atoms with Gasteiger partial charge in [0.25, 0.3) is 5.69 Å². The van der Waals surface area contributed by atoms with Gasteiger partial charge in [-0.15, -0.1) is 0 Å². The van der Waals surface area contributed by atoms with Crippen LogP contribution in [-0.2, 0) is 4.74 Å². The first-order valence-electron chi connectivity index (χ1n) is 6.43. The molecule has 6 nitrogen and oxygen atoms in total. The summed E-state index contributed by atoms with van der Waals surface area (Å²) in [5.74, 6) is -0.646. The number of nitrogens with one attached hydrogen (secondary N) is 1. The highest BCUT2D eigenvalue weighted by Crippen LogP contribution is 2.35. The first-order valence-corrected chi connectivity index (χ1v) is 7.18. The molecular weight excluding hydrogens is 343 g/mol. The maximum Gasteiger partial charge on any atom is 0.338 e. The zero-order chi connectivity index (χ0) is 17.1. The molecule has 0 amide bonds. The number of hydrogen-bond donors (Lipinski definition) is 1. The number of rotatable bonds is 4. The molecule has 0 aliphatic heterocycles. The Bertz CT molecular complexity index is 793. The number of nitro benzene ring substituents is 1. The molecule has 0 aliphatic carbocycles. The summed E-state index contributed by atoms with van der Waals surface area (Å²) in [4.78, 5) is 22.3. The number of halogens is 2. The van der Waals surface area contributed by atoms with Crippen molar-refractivity contribution in [3.05, 3.63) is 61.6 Å². The Labute approximate surface area is 142 Å². The molecule has 0 atom stereocenters. The summed E-state index contributed by atoms with van der Waals surface area (Å²) < 4.78 is 4.60. The van der Waals surface area contributed by atoms with Gasteiger partial charge in [-0.25, -0.2) is 4.79 Å². The third kappa shape index (κ3) is 3.72. The van der Waals surface area contributed by atoms with Crippen LogP contribution < -0.4 is 5.32 Å². The van der Waals surface area contributed by atoms with Gasteiger partial charge < -0.3 is 10.1 Å². The first-order chi connectivity index (χ1) is 10.8. The number of methoxy groups -OCH3 is 1. The van der Waals surface area contributed by atoms with Crippen LogP contribution in [0.5, 0.6) is 0 Å². The lowest BCUT2D eigenvalue weighted by atomic mass is 10.1. The second kappa shape index (κ2) is 6.85. The van der Waals surface area contributed by atoms with E-state index in [1.165, 1.54) is 19.2 Å². The van der Waals surface area contributed by atoms with E-state index in [0.29, 0.717) is 21.3 Å². The lowest BCUT2D eigenvalue weighted by Gasteiger charge is -2.13. The largest absolute Gasteiger partial charge is 0.465 e. The van der Waals surface area contributed by atoms with Gasteiger partial charge in [-0.3, -0.25) is 10.1 Å². The molecular formula is C15H12Cl2N2O4. The van der Waals surface area contributed by atoms with Gasteiger partial charge in [-0.1, -0.05) is 23.2 Å². The van der Waals surface area contributed by atoms with Crippen LogP contribution in [0.1, 0.15) is 15.9 Å². The summed E-state index contributed by atoms with van der Waals surface area (Å²) in [5.41, 5.74) is 1.06. The Morgan fingerprint density at radius 1 is 1.26 bits per heavy atom. The second-order valence-electron chi connectivity index (χ2n) is 4.69. The van der Waals surface area contributed by atoms with Crippen LogP contribution in [0.2, 0.25) is 10.0 Å². The van der Waals surface area contributed by atoms with Crippen LogP contribution in [0.25, 0.3) is 0 Å². The van der Waals surface area contributed by atoms with Gasteiger partial charge >= 0.3 is 5.97 Å². The van der Waals surface area contributed by atoms with Gasteiger partial charge in [0.1, 0.15) is 5.69 Å². The number of hydrogen-bond acceptors (Lipinski definition) is 5. The molecule has 0 saturated carbocycles. The molecule has 8 heteroatoms. The highest BCUT2D eigenvalue weighted by Gasteiger charge is 2.21. The minimum atomic E-state index is -0.646. The zero-order valence-corrected chi connectivity index (χ0v) is 13.7. The summed E-state index contributed by atoms with van der Waals surface area (Å²) in [7, 11) is 1.21. The molecule has 120 valence electrons. The van der Waals surface area contributed by atoms with Crippen molar-refractivity contribution in [3.8, 4) is 0 Å². The molecule has 0 bridgehead atoms. The molecule has 0 saturated heterocycles. The summed E-state index contributed by atoms with van der Waals surface area (Å²) in [6, 6.07) is 7.41. The predicted octanol–water partition coefficient (Wildman–Crippen LogP) is 4.74. The van der Waals surface area contributed by atoms with Gasteiger partial charge in [-0.2, -0.15) is 0 Å². The lowest BCUT2D eigenvalue weighted by molar-refractivity contribution is -0.384. The van der Waals surface area contributed by atoms with Crippen molar-refractivity contribution in [2.24, 2.45) is 0 Å². The predicted molar refractivity (Wildman–Crippen MR) is 88.9 cm³/mol. The third-order valence-corrected chi connectivity index (χ3v) is 3.67. The molecule has 0 aromatic heterocycles. The molecule has 0 aliphatic rings. The van der Waals surface area contributed by atoms with Gasteiger partial charge in [-0.05, 0) is 36.8 Å². The van der Waals surface area contributed by atoms with Crippen LogP contribution in [-0.4, -0.2) is 18.0 Å². The number of anilines is 2. The van der Waals surface area contributed by atoms with Crippen LogP contribution in [0, 0.1) is 17.0 Å². The first kappa shape index (κ1) is 17.1. The van der Waals surface area contributed by atoms with E-state index in [0.717, 1.165) is 6.07 Å². The number of carbonyl (C=O) groups excluding carboxylic acids is 1.